The number of carbonyl (C=O) groups is 2. The van der Waals surface area contributed by atoms with Crippen LogP contribution in [0, 0.1) is 0 Å². The largest absolute Gasteiger partial charge is 1.00 e. The van der Waals surface area contributed by atoms with Gasteiger partial charge in [0.25, 0.3) is 0 Å². The van der Waals surface area contributed by atoms with Gasteiger partial charge < -0.3 is 14.8 Å². The van der Waals surface area contributed by atoms with Gasteiger partial charge in [0, 0.05) is 6.20 Å². The van der Waals surface area contributed by atoms with Gasteiger partial charge in [0.1, 0.15) is 18.2 Å². The summed E-state index contributed by atoms with van der Waals surface area (Å²) in [5.41, 5.74) is 0. The van der Waals surface area contributed by atoms with Crippen LogP contribution in [0.15, 0.2) is 6.20 Å². The van der Waals surface area contributed by atoms with E-state index < -0.39 is 46.0 Å². The Morgan fingerprint density at radius 3 is 2.48 bits per heavy atom. The van der Waals surface area contributed by atoms with Gasteiger partial charge in [0.15, 0.2) is 9.84 Å². The summed E-state index contributed by atoms with van der Waals surface area (Å²) in [6, 6.07) is -1.52. The first-order valence-corrected chi connectivity index (χ1v) is 12.6. The normalized spacial score (nSPS) is 30.4. The van der Waals surface area contributed by atoms with Crippen molar-refractivity contribution in [1.82, 2.24) is 19.9 Å². The fourth-order valence-electron chi connectivity index (χ4n) is 3.31. The molecule has 1 aromatic heterocycles. The predicted octanol–water partition coefficient (Wildman–Crippen LogP) is -5.31. The van der Waals surface area contributed by atoms with Crippen molar-refractivity contribution in [3.8, 4) is 0 Å². The second kappa shape index (κ2) is 6.15. The zero-order valence-electron chi connectivity index (χ0n) is 14.9. The third-order valence-corrected chi connectivity index (χ3v) is 9.35. The number of rotatable bonds is 4. The fourth-order valence-corrected chi connectivity index (χ4v) is 6.55. The van der Waals surface area contributed by atoms with E-state index in [-0.39, 0.29) is 42.5 Å². The minimum atomic E-state index is -3.87. The summed E-state index contributed by atoms with van der Waals surface area (Å²) >= 11 is 0. The van der Waals surface area contributed by atoms with Gasteiger partial charge in [-0.25, -0.2) is 8.42 Å². The molecule has 25 heavy (non-hydrogen) atoms. The van der Waals surface area contributed by atoms with Crippen LogP contribution in [0.1, 0.15) is 13.3 Å². The average molecular weight is 394 g/mol. The van der Waals surface area contributed by atoms with Crippen molar-refractivity contribution in [3.63, 3.8) is 0 Å². The van der Waals surface area contributed by atoms with Crippen LogP contribution in [-0.4, -0.2) is 64.4 Å². The van der Waals surface area contributed by atoms with Crippen molar-refractivity contribution in [2.75, 3.05) is 0 Å². The fraction of sp³-hybridized carbons (Fsp3) is 0.692. The molecule has 3 heterocycles. The summed E-state index contributed by atoms with van der Waals surface area (Å²) in [5, 5.41) is 19.3. The smallest absolute Gasteiger partial charge is 0.548 e. The topological polar surface area (TPSA) is 125 Å². The molecule has 0 aliphatic carbocycles. The molecule has 0 aromatic carbocycles. The Labute approximate surface area is 169 Å². The van der Waals surface area contributed by atoms with Crippen molar-refractivity contribution in [1.29, 1.82) is 0 Å². The molecule has 3 rings (SSSR count). The molecule has 2 fully saturated rings. The van der Waals surface area contributed by atoms with E-state index in [1.54, 1.807) is 6.20 Å². The Morgan fingerprint density at radius 1 is 1.44 bits per heavy atom. The van der Waals surface area contributed by atoms with Crippen LogP contribution in [0.2, 0.25) is 19.6 Å². The first-order chi connectivity index (χ1) is 10.9. The molecule has 2 aliphatic heterocycles. The van der Waals surface area contributed by atoms with Gasteiger partial charge in [-0.3, -0.25) is 9.48 Å². The standard InChI is InChI=1S/C13H20N4O5SSi.Na/c1-13(7-16-6-8(14-15-16)24(2,3)4)11(12(19)20)17-9(18)5-10(17)23(13,21)22;/h6,10-11H,5,7H2,1-4H3,(H,19,20);/q;+1/p-1/t10-,11+,13+;/m1./s1. The number of fused-ring (bicyclic) bond motifs is 1. The number of hydrogen-bond acceptors (Lipinski definition) is 7. The third-order valence-electron chi connectivity index (χ3n) is 4.82. The van der Waals surface area contributed by atoms with Crippen LogP contribution >= 0.6 is 0 Å². The molecule has 12 heteroatoms. The van der Waals surface area contributed by atoms with Gasteiger partial charge in [-0.1, -0.05) is 24.9 Å². The maximum atomic E-state index is 12.8. The van der Waals surface area contributed by atoms with Gasteiger partial charge in [-0.2, -0.15) is 0 Å². The SMILES string of the molecule is C[C@]1(Cn2cc([Si](C)(C)C)nn2)[C@H](C(=O)[O-])N2C(=O)C[C@H]2S1(=O)=O.[Na+]. The predicted molar refractivity (Wildman–Crippen MR) is 84.4 cm³/mol. The summed E-state index contributed by atoms with van der Waals surface area (Å²) < 4.78 is 25.3. The molecule has 0 N–H and O–H groups in total. The molecular weight excluding hydrogens is 375 g/mol. The monoisotopic (exact) mass is 394 g/mol. The summed E-state index contributed by atoms with van der Waals surface area (Å²) in [7, 11) is -5.60. The molecule has 0 unspecified atom stereocenters. The Hall–Kier alpha value is -0.753. The van der Waals surface area contributed by atoms with E-state index in [0.717, 1.165) is 10.2 Å². The molecule has 9 nitrogen and oxygen atoms in total. The van der Waals surface area contributed by atoms with Gasteiger partial charge >= 0.3 is 29.6 Å². The molecule has 0 radical (unpaired) electrons. The second-order valence-electron chi connectivity index (χ2n) is 7.59. The number of sulfone groups is 1. The summed E-state index contributed by atoms with van der Waals surface area (Å²) in [6.07, 6.45) is 1.48. The molecule has 3 atom stereocenters. The van der Waals surface area contributed by atoms with E-state index in [0.29, 0.717) is 0 Å². The van der Waals surface area contributed by atoms with Crippen LogP contribution in [0.25, 0.3) is 0 Å². The summed E-state index contributed by atoms with van der Waals surface area (Å²) in [6.45, 7) is 7.37. The summed E-state index contributed by atoms with van der Waals surface area (Å²) in [5.74, 6) is -2.05. The first kappa shape index (κ1) is 20.6. The number of carboxylic acid groups (broad SMARTS) is 1. The number of carbonyl (C=O) groups excluding carboxylic acids is 2. The Bertz CT molecular complexity index is 836. The van der Waals surface area contributed by atoms with Gasteiger partial charge in [0.2, 0.25) is 5.91 Å². The molecule has 2 aliphatic rings. The van der Waals surface area contributed by atoms with Gasteiger partial charge in [-0.15, -0.1) is 5.10 Å². The molecule has 132 valence electrons. The maximum Gasteiger partial charge on any atom is 1.00 e. The van der Waals surface area contributed by atoms with Crippen molar-refractivity contribution < 1.29 is 52.7 Å². The van der Waals surface area contributed by atoms with Crippen LogP contribution in [0.5, 0.6) is 0 Å². The van der Waals surface area contributed by atoms with Crippen LogP contribution in [0.3, 0.4) is 0 Å². The average Bonchev–Trinajstić information content (AvgIpc) is 2.93. The Kier molecular flexibility index (Phi) is 5.06. The Morgan fingerprint density at radius 2 is 2.04 bits per heavy atom. The zero-order valence-corrected chi connectivity index (χ0v) is 18.7. The summed E-state index contributed by atoms with van der Waals surface area (Å²) in [4.78, 5) is 24.2. The Balaban J connectivity index is 0.00000225. The molecule has 0 bridgehead atoms. The van der Waals surface area contributed by atoms with E-state index in [1.807, 2.05) is 0 Å². The van der Waals surface area contributed by atoms with Crippen LogP contribution in [0.4, 0.5) is 0 Å². The zero-order chi connectivity index (χ0) is 18.1. The van der Waals surface area contributed by atoms with E-state index >= 15 is 0 Å². The van der Waals surface area contributed by atoms with E-state index in [1.165, 1.54) is 11.6 Å². The number of aromatic nitrogens is 3. The van der Waals surface area contributed by atoms with Crippen LogP contribution < -0.4 is 40.0 Å². The van der Waals surface area contributed by atoms with E-state index in [2.05, 4.69) is 30.0 Å². The molecule has 1 amide bonds. The van der Waals surface area contributed by atoms with Crippen molar-refractivity contribution in [2.24, 2.45) is 0 Å². The quantitative estimate of drug-likeness (QED) is 0.369. The second-order valence-corrected chi connectivity index (χ2v) is 15.2. The van der Waals surface area contributed by atoms with E-state index in [4.69, 9.17) is 0 Å². The maximum absolute atomic E-state index is 12.8. The molecular formula is C13H19N4NaO5SSi. The first-order valence-electron chi connectivity index (χ1n) is 7.55. The number of carboxylic acids is 1. The number of β-lactam (4-membered cyclic amide) rings is 1. The number of nitrogens with zero attached hydrogens (tertiary/aromatic N) is 4. The van der Waals surface area contributed by atoms with Gasteiger partial charge in [-0.05, 0) is 6.92 Å². The van der Waals surface area contributed by atoms with Gasteiger partial charge in [0.05, 0.1) is 30.3 Å². The van der Waals surface area contributed by atoms with E-state index in [9.17, 15) is 23.1 Å². The number of aliphatic carboxylic acids is 1. The molecule has 0 spiro atoms. The minimum absolute atomic E-state index is 0. The van der Waals surface area contributed by atoms with Crippen molar-refractivity contribution in [3.05, 3.63) is 6.20 Å². The molecule has 0 saturated carbocycles. The number of hydrogen-bond donors (Lipinski definition) is 0. The minimum Gasteiger partial charge on any atom is -0.548 e. The van der Waals surface area contributed by atoms with Crippen LogP contribution in [-0.2, 0) is 26.0 Å². The molecule has 1 aromatic rings. The van der Waals surface area contributed by atoms with Crippen molar-refractivity contribution >= 4 is 35.1 Å². The third kappa shape index (κ3) is 2.89. The van der Waals surface area contributed by atoms with Crippen molar-refractivity contribution in [2.45, 2.75) is 55.7 Å². The molecule has 2 saturated heterocycles. The number of amides is 1.